The van der Waals surface area contributed by atoms with Crippen molar-refractivity contribution >= 4 is 45.6 Å². The Hall–Kier alpha value is -0.740. The van der Waals surface area contributed by atoms with Crippen molar-refractivity contribution in [3.05, 3.63) is 22.2 Å². The maximum Gasteiger partial charge on any atom is 0.228 e. The Morgan fingerprint density at radius 1 is 1.30 bits per heavy atom. The molecule has 0 aliphatic heterocycles. The molecule has 0 saturated heterocycles. The largest absolute Gasteiger partial charge is 0.397 e. The number of hydrogen-bond acceptors (Lipinski definition) is 2. The molecule has 2 unspecified atom stereocenters. The van der Waals surface area contributed by atoms with Crippen LogP contribution >= 0.6 is 28.3 Å². The first kappa shape index (κ1) is 15.6. The third kappa shape index (κ3) is 2.82. The lowest BCUT2D eigenvalue weighted by molar-refractivity contribution is -0.117. The average molecular weight is 360 g/mol. The second kappa shape index (κ2) is 5.94. The lowest BCUT2D eigenvalue weighted by Crippen LogP contribution is -2.17. The van der Waals surface area contributed by atoms with E-state index in [-0.39, 0.29) is 24.2 Å². The molecule has 3 N–H and O–H groups in total. The second-order valence-electron chi connectivity index (χ2n) is 5.81. The Bertz CT molecular complexity index is 523. The molecule has 1 aromatic rings. The number of anilines is 2. The Morgan fingerprint density at radius 2 is 1.90 bits per heavy atom. The predicted octanol–water partition coefficient (Wildman–Crippen LogP) is 4.14. The number of nitrogens with one attached hydrogen (secondary N) is 1. The highest BCUT2D eigenvalue weighted by Gasteiger charge is 2.54. The molecule has 3 rings (SSSR count). The molecule has 0 spiro atoms. The number of nitrogens with two attached hydrogens (primary N) is 1. The third-order valence-electron chi connectivity index (χ3n) is 4.57. The van der Waals surface area contributed by atoms with Crippen molar-refractivity contribution in [1.29, 1.82) is 0 Å². The Morgan fingerprint density at radius 3 is 2.50 bits per heavy atom. The smallest absolute Gasteiger partial charge is 0.228 e. The average Bonchev–Trinajstić information content (AvgIpc) is 3.09. The molecule has 0 aromatic heterocycles. The molecular weight excluding hydrogens is 340 g/mol. The minimum Gasteiger partial charge on any atom is -0.397 e. The van der Waals surface area contributed by atoms with Gasteiger partial charge in [0.15, 0.2) is 0 Å². The number of aryl methyl sites for hydroxylation is 1. The fourth-order valence-electron chi connectivity index (χ4n) is 3.46. The summed E-state index contributed by atoms with van der Waals surface area (Å²) >= 11 is 3.44. The van der Waals surface area contributed by atoms with Crippen LogP contribution in [0.25, 0.3) is 0 Å². The van der Waals surface area contributed by atoms with Gasteiger partial charge in [-0.15, -0.1) is 12.4 Å². The molecule has 2 fully saturated rings. The van der Waals surface area contributed by atoms with Gasteiger partial charge in [0.05, 0.1) is 11.4 Å². The summed E-state index contributed by atoms with van der Waals surface area (Å²) in [6, 6.07) is 3.84. The van der Waals surface area contributed by atoms with Crippen LogP contribution in [0.1, 0.15) is 31.2 Å². The van der Waals surface area contributed by atoms with Crippen LogP contribution in [0.4, 0.5) is 11.4 Å². The number of amides is 1. The molecule has 5 heteroatoms. The minimum atomic E-state index is 0. The van der Waals surface area contributed by atoms with Gasteiger partial charge in [-0.3, -0.25) is 4.79 Å². The standard InChI is InChI=1S/C15H19BrN2O.ClH/c1-8-6-9(16)7-12(14(8)17)18-15(19)13-10-4-2-3-5-11(10)13;/h6-7,10-11,13H,2-5,17H2,1H3,(H,18,19);1H. The molecule has 0 heterocycles. The zero-order valence-corrected chi connectivity index (χ0v) is 13.9. The zero-order valence-electron chi connectivity index (χ0n) is 11.5. The Kier molecular flexibility index (Phi) is 4.65. The fraction of sp³-hybridized carbons (Fsp3) is 0.533. The van der Waals surface area contributed by atoms with Gasteiger partial charge in [-0.1, -0.05) is 28.8 Å². The van der Waals surface area contributed by atoms with Crippen LogP contribution in [-0.2, 0) is 4.79 Å². The highest BCUT2D eigenvalue weighted by molar-refractivity contribution is 9.10. The van der Waals surface area contributed by atoms with Crippen LogP contribution in [-0.4, -0.2) is 5.91 Å². The number of fused-ring (bicyclic) bond motifs is 1. The number of hydrogen-bond donors (Lipinski definition) is 2. The van der Waals surface area contributed by atoms with Crippen LogP contribution in [0, 0.1) is 24.7 Å². The second-order valence-corrected chi connectivity index (χ2v) is 6.73. The number of nitrogen functional groups attached to an aromatic ring is 1. The Balaban J connectivity index is 0.00000147. The molecule has 1 aromatic carbocycles. The van der Waals surface area contributed by atoms with Crippen molar-refractivity contribution in [3.63, 3.8) is 0 Å². The summed E-state index contributed by atoms with van der Waals surface area (Å²) in [5.74, 6) is 1.63. The summed E-state index contributed by atoms with van der Waals surface area (Å²) in [5, 5.41) is 3.02. The van der Waals surface area contributed by atoms with Crippen molar-refractivity contribution in [2.24, 2.45) is 17.8 Å². The topological polar surface area (TPSA) is 55.1 Å². The predicted molar refractivity (Wildman–Crippen MR) is 88.1 cm³/mol. The molecule has 0 bridgehead atoms. The molecule has 3 nitrogen and oxygen atoms in total. The number of rotatable bonds is 2. The molecule has 1 amide bonds. The van der Waals surface area contributed by atoms with E-state index in [1.807, 2.05) is 19.1 Å². The molecular formula is C15H20BrClN2O. The van der Waals surface area contributed by atoms with Crippen molar-refractivity contribution < 1.29 is 4.79 Å². The van der Waals surface area contributed by atoms with E-state index in [0.29, 0.717) is 17.5 Å². The molecule has 2 saturated carbocycles. The Labute approximate surface area is 134 Å². The first-order chi connectivity index (χ1) is 9.08. The maximum atomic E-state index is 12.3. The molecule has 2 atom stereocenters. The summed E-state index contributed by atoms with van der Waals surface area (Å²) in [6.07, 6.45) is 5.00. The van der Waals surface area contributed by atoms with Crippen molar-refractivity contribution in [2.45, 2.75) is 32.6 Å². The summed E-state index contributed by atoms with van der Waals surface area (Å²) in [4.78, 5) is 12.3. The number of carbonyl (C=O) groups excluding carboxylic acids is 1. The summed E-state index contributed by atoms with van der Waals surface area (Å²) in [5.41, 5.74) is 8.42. The summed E-state index contributed by atoms with van der Waals surface area (Å²) < 4.78 is 0.947. The number of halogens is 2. The third-order valence-corrected chi connectivity index (χ3v) is 5.03. The molecule has 2 aliphatic carbocycles. The van der Waals surface area contributed by atoms with Crippen molar-refractivity contribution in [2.75, 3.05) is 11.1 Å². The van der Waals surface area contributed by atoms with Gasteiger partial charge in [-0.25, -0.2) is 0 Å². The van der Waals surface area contributed by atoms with E-state index >= 15 is 0 Å². The molecule has 2 aliphatic rings. The normalized spacial score (nSPS) is 27.2. The van der Waals surface area contributed by atoms with Crippen molar-refractivity contribution in [1.82, 2.24) is 0 Å². The number of carbonyl (C=O) groups is 1. The van der Waals surface area contributed by atoms with Crippen LogP contribution in [0.15, 0.2) is 16.6 Å². The van der Waals surface area contributed by atoms with E-state index in [1.165, 1.54) is 25.7 Å². The monoisotopic (exact) mass is 358 g/mol. The number of benzene rings is 1. The first-order valence-electron chi connectivity index (χ1n) is 6.94. The van der Waals surface area contributed by atoms with Crippen molar-refractivity contribution in [3.8, 4) is 0 Å². The highest BCUT2D eigenvalue weighted by atomic mass is 79.9. The molecule has 20 heavy (non-hydrogen) atoms. The van der Waals surface area contributed by atoms with Crippen LogP contribution < -0.4 is 11.1 Å². The van der Waals surface area contributed by atoms with Gasteiger partial charge in [-0.05, 0) is 49.3 Å². The zero-order chi connectivity index (χ0) is 13.6. The first-order valence-corrected chi connectivity index (χ1v) is 7.73. The molecule has 0 radical (unpaired) electrons. The van der Waals surface area contributed by atoms with E-state index in [4.69, 9.17) is 5.73 Å². The maximum absolute atomic E-state index is 12.3. The van der Waals surface area contributed by atoms with Gasteiger partial charge < -0.3 is 11.1 Å². The van der Waals surface area contributed by atoms with Crippen LogP contribution in [0.2, 0.25) is 0 Å². The quantitative estimate of drug-likeness (QED) is 0.780. The van der Waals surface area contributed by atoms with Gasteiger partial charge in [-0.2, -0.15) is 0 Å². The van der Waals surface area contributed by atoms with Gasteiger partial charge in [0, 0.05) is 10.4 Å². The van der Waals surface area contributed by atoms with Crippen LogP contribution in [0.3, 0.4) is 0 Å². The molecule has 110 valence electrons. The van der Waals surface area contributed by atoms with E-state index in [9.17, 15) is 4.79 Å². The van der Waals surface area contributed by atoms with E-state index in [1.54, 1.807) is 0 Å². The van der Waals surface area contributed by atoms with Gasteiger partial charge >= 0.3 is 0 Å². The van der Waals surface area contributed by atoms with Gasteiger partial charge in [0.1, 0.15) is 0 Å². The van der Waals surface area contributed by atoms with Crippen LogP contribution in [0.5, 0.6) is 0 Å². The summed E-state index contributed by atoms with van der Waals surface area (Å²) in [6.45, 7) is 1.95. The fourth-order valence-corrected chi connectivity index (χ4v) is 4.03. The minimum absolute atomic E-state index is 0. The lowest BCUT2D eigenvalue weighted by Gasteiger charge is -2.11. The van der Waals surface area contributed by atoms with Gasteiger partial charge in [0.25, 0.3) is 0 Å². The van der Waals surface area contributed by atoms with E-state index < -0.39 is 0 Å². The van der Waals surface area contributed by atoms with E-state index in [0.717, 1.165) is 15.7 Å². The lowest BCUT2D eigenvalue weighted by atomic mass is 10.0. The highest BCUT2D eigenvalue weighted by Crippen LogP contribution is 2.55. The SMILES string of the molecule is Cc1cc(Br)cc(NC(=O)C2C3CCCCC32)c1N.Cl. The summed E-state index contributed by atoms with van der Waals surface area (Å²) in [7, 11) is 0. The van der Waals surface area contributed by atoms with E-state index in [2.05, 4.69) is 21.2 Å². The van der Waals surface area contributed by atoms with Gasteiger partial charge in [0.2, 0.25) is 5.91 Å².